The van der Waals surface area contributed by atoms with Gasteiger partial charge in [0.25, 0.3) is 0 Å². The van der Waals surface area contributed by atoms with Crippen LogP contribution in [0, 0.1) is 0 Å². The highest BCUT2D eigenvalue weighted by molar-refractivity contribution is 6.30. The fraction of sp³-hybridized carbons (Fsp3) is 0.308. The first-order valence-electron chi connectivity index (χ1n) is 5.60. The molecule has 1 heterocycles. The van der Waals surface area contributed by atoms with Gasteiger partial charge in [-0.25, -0.2) is 4.48 Å². The van der Waals surface area contributed by atoms with Crippen molar-refractivity contribution in [1.82, 2.24) is 0 Å². The number of halogens is 1. The lowest BCUT2D eigenvalue weighted by atomic mass is 10.1. The minimum Gasteiger partial charge on any atom is -0.247 e. The van der Waals surface area contributed by atoms with E-state index in [1.54, 1.807) is 0 Å². The van der Waals surface area contributed by atoms with Gasteiger partial charge in [-0.15, -0.1) is 0 Å². The van der Waals surface area contributed by atoms with E-state index in [2.05, 4.69) is 25.0 Å². The Hall–Kier alpha value is -1.12. The molecule has 0 bridgehead atoms. The summed E-state index contributed by atoms with van der Waals surface area (Å²) in [6, 6.07) is 7.90. The molecule has 0 fully saturated rings. The van der Waals surface area contributed by atoms with Gasteiger partial charge in [0.2, 0.25) is 5.84 Å². The summed E-state index contributed by atoms with van der Waals surface area (Å²) < 4.78 is 0.821. The van der Waals surface area contributed by atoms with Crippen molar-refractivity contribution in [2.75, 3.05) is 13.1 Å². The smallest absolute Gasteiger partial charge is 0.239 e. The molecule has 16 heavy (non-hydrogen) atoms. The summed E-state index contributed by atoms with van der Waals surface area (Å²) in [5, 5.41) is 0.765. The maximum absolute atomic E-state index is 5.90. The van der Waals surface area contributed by atoms with Gasteiger partial charge >= 0.3 is 0 Å². The Kier molecular flexibility index (Phi) is 3.13. The summed E-state index contributed by atoms with van der Waals surface area (Å²) in [6.45, 7) is 6.41. The van der Waals surface area contributed by atoms with Gasteiger partial charge in [-0.2, -0.15) is 4.99 Å². The molecule has 0 aliphatic carbocycles. The Bertz CT molecular complexity index is 428. The minimum atomic E-state index is 0.765. The maximum atomic E-state index is 5.90. The first-order chi connectivity index (χ1) is 7.72. The summed E-state index contributed by atoms with van der Waals surface area (Å²) in [6.07, 6.45) is 4.06. The number of quaternary nitrogens is 1. The van der Waals surface area contributed by atoms with E-state index in [-0.39, 0.29) is 0 Å². The summed E-state index contributed by atoms with van der Waals surface area (Å²) in [5.74, 6) is 1.11. The highest BCUT2D eigenvalue weighted by atomic mass is 35.5. The van der Waals surface area contributed by atoms with Gasteiger partial charge in [-0.05, 0) is 38.1 Å². The number of rotatable bonds is 3. The summed E-state index contributed by atoms with van der Waals surface area (Å²) in [7, 11) is 0. The second-order valence-electron chi connectivity index (χ2n) is 3.92. The molecular weight excluding hydrogens is 220 g/mol. The van der Waals surface area contributed by atoms with Crippen LogP contribution in [0.5, 0.6) is 0 Å². The van der Waals surface area contributed by atoms with Gasteiger partial charge in [-0.1, -0.05) is 11.6 Å². The van der Waals surface area contributed by atoms with E-state index in [9.17, 15) is 0 Å². The lowest BCUT2D eigenvalue weighted by Crippen LogP contribution is -2.46. The molecule has 0 saturated heterocycles. The van der Waals surface area contributed by atoms with Gasteiger partial charge in [0, 0.05) is 5.02 Å². The molecule has 84 valence electrons. The molecule has 1 aromatic carbocycles. The Morgan fingerprint density at radius 1 is 1.12 bits per heavy atom. The zero-order valence-corrected chi connectivity index (χ0v) is 10.4. The second-order valence-corrected chi connectivity index (χ2v) is 4.36. The minimum absolute atomic E-state index is 0.765. The Morgan fingerprint density at radius 2 is 1.75 bits per heavy atom. The summed E-state index contributed by atoms with van der Waals surface area (Å²) in [5.41, 5.74) is 1.15. The van der Waals surface area contributed by atoms with Crippen LogP contribution in [-0.2, 0) is 0 Å². The number of hydrogen-bond donors (Lipinski definition) is 0. The number of benzene rings is 1. The van der Waals surface area contributed by atoms with E-state index in [4.69, 9.17) is 11.6 Å². The molecule has 1 aliphatic rings. The van der Waals surface area contributed by atoms with Crippen LogP contribution in [0.4, 0.5) is 0 Å². The van der Waals surface area contributed by atoms with E-state index in [0.717, 1.165) is 34.0 Å². The quantitative estimate of drug-likeness (QED) is 0.712. The monoisotopic (exact) mass is 235 g/mol. The molecule has 0 aromatic heterocycles. The van der Waals surface area contributed by atoms with Crippen molar-refractivity contribution in [3.63, 3.8) is 0 Å². The summed E-state index contributed by atoms with van der Waals surface area (Å²) >= 11 is 5.90. The van der Waals surface area contributed by atoms with Crippen LogP contribution < -0.4 is 0 Å². The fourth-order valence-electron chi connectivity index (χ4n) is 2.08. The molecule has 2 nitrogen and oxygen atoms in total. The fourth-order valence-corrected chi connectivity index (χ4v) is 2.21. The predicted octanol–water partition coefficient (Wildman–Crippen LogP) is 3.43. The molecule has 3 heteroatoms. The molecule has 0 saturated carbocycles. The average molecular weight is 236 g/mol. The molecule has 1 aliphatic heterocycles. The second kappa shape index (κ2) is 4.40. The summed E-state index contributed by atoms with van der Waals surface area (Å²) in [4.78, 5) is 4.50. The molecule has 0 amide bonds. The van der Waals surface area contributed by atoms with Gasteiger partial charge in [0.1, 0.15) is 6.20 Å². The van der Waals surface area contributed by atoms with Crippen molar-refractivity contribution in [2.24, 2.45) is 4.99 Å². The molecular formula is C13H16ClN2+. The van der Waals surface area contributed by atoms with Gasteiger partial charge in [0.05, 0.1) is 24.9 Å². The van der Waals surface area contributed by atoms with Gasteiger partial charge in [-0.3, -0.25) is 0 Å². The van der Waals surface area contributed by atoms with Crippen molar-refractivity contribution in [3.05, 3.63) is 47.3 Å². The topological polar surface area (TPSA) is 12.4 Å². The highest BCUT2D eigenvalue weighted by Gasteiger charge is 2.32. The van der Waals surface area contributed by atoms with E-state index in [1.165, 1.54) is 0 Å². The number of amidine groups is 1. The van der Waals surface area contributed by atoms with Gasteiger partial charge < -0.3 is 0 Å². The maximum Gasteiger partial charge on any atom is 0.239 e. The first-order valence-corrected chi connectivity index (χ1v) is 5.98. The normalized spacial score (nSPS) is 17.6. The third-order valence-electron chi connectivity index (χ3n) is 3.20. The van der Waals surface area contributed by atoms with Crippen LogP contribution in [0.15, 0.2) is 41.7 Å². The van der Waals surface area contributed by atoms with E-state index >= 15 is 0 Å². The molecule has 1 aromatic rings. The molecule has 2 rings (SSSR count). The molecule has 0 unspecified atom stereocenters. The van der Waals surface area contributed by atoms with Crippen molar-refractivity contribution in [3.8, 4) is 0 Å². The number of aliphatic imine (C=N–C) groups is 1. The van der Waals surface area contributed by atoms with E-state index in [1.807, 2.05) is 30.5 Å². The van der Waals surface area contributed by atoms with Crippen molar-refractivity contribution in [2.45, 2.75) is 13.8 Å². The van der Waals surface area contributed by atoms with Gasteiger partial charge in [0.15, 0.2) is 0 Å². The highest BCUT2D eigenvalue weighted by Crippen LogP contribution is 2.22. The van der Waals surface area contributed by atoms with Crippen LogP contribution in [0.3, 0.4) is 0 Å². The van der Waals surface area contributed by atoms with Crippen LogP contribution in [0.1, 0.15) is 19.4 Å². The zero-order valence-electron chi connectivity index (χ0n) is 9.65. The molecule has 0 radical (unpaired) electrons. The van der Waals surface area contributed by atoms with Crippen LogP contribution >= 0.6 is 11.6 Å². The van der Waals surface area contributed by atoms with Crippen molar-refractivity contribution >= 4 is 17.4 Å². The van der Waals surface area contributed by atoms with Crippen molar-refractivity contribution < 1.29 is 4.48 Å². The standard InChI is InChI=1S/C13H16ClN2/c1-3-16(4-2)10-9-15-13(16)11-5-7-12(14)8-6-11/h5-10H,3-4H2,1-2H3/q+1. The number of nitrogens with zero attached hydrogens (tertiary/aromatic N) is 2. The molecule has 0 N–H and O–H groups in total. The largest absolute Gasteiger partial charge is 0.247 e. The first kappa shape index (κ1) is 11.4. The lowest BCUT2D eigenvalue weighted by Gasteiger charge is -2.29. The number of hydrogen-bond acceptors (Lipinski definition) is 1. The lowest BCUT2D eigenvalue weighted by molar-refractivity contribution is -0.781. The Labute approximate surface area is 101 Å². The SMILES string of the molecule is CC[N+]1(CC)C=CN=C1c1ccc(Cl)cc1. The van der Waals surface area contributed by atoms with Crippen LogP contribution in [-0.4, -0.2) is 23.4 Å². The third-order valence-corrected chi connectivity index (χ3v) is 3.45. The molecule has 0 atom stereocenters. The van der Waals surface area contributed by atoms with Crippen LogP contribution in [0.25, 0.3) is 0 Å². The average Bonchev–Trinajstić information content (AvgIpc) is 2.74. The Morgan fingerprint density at radius 3 is 2.31 bits per heavy atom. The van der Waals surface area contributed by atoms with Crippen LogP contribution in [0.2, 0.25) is 5.02 Å². The zero-order chi connectivity index (χ0) is 11.6. The predicted molar refractivity (Wildman–Crippen MR) is 68.5 cm³/mol. The Balaban J connectivity index is 2.38. The van der Waals surface area contributed by atoms with Crippen molar-refractivity contribution in [1.29, 1.82) is 0 Å². The molecule has 0 spiro atoms. The third kappa shape index (κ3) is 1.79. The van der Waals surface area contributed by atoms with E-state index in [0.29, 0.717) is 0 Å². The van der Waals surface area contributed by atoms with E-state index < -0.39 is 0 Å².